The summed E-state index contributed by atoms with van der Waals surface area (Å²) in [5.41, 5.74) is 0.461. The van der Waals surface area contributed by atoms with Crippen LogP contribution in [-0.4, -0.2) is 34.0 Å². The van der Waals surface area contributed by atoms with Gasteiger partial charge in [-0.25, -0.2) is 4.98 Å². The van der Waals surface area contributed by atoms with Gasteiger partial charge in [-0.2, -0.15) is 4.98 Å². The number of hydrogen-bond acceptors (Lipinski definition) is 6. The van der Waals surface area contributed by atoms with Crippen LogP contribution in [0.15, 0.2) is 0 Å². The van der Waals surface area contributed by atoms with Crippen molar-refractivity contribution < 1.29 is 4.92 Å². The van der Waals surface area contributed by atoms with Crippen molar-refractivity contribution in [2.45, 2.75) is 52.5 Å². The Morgan fingerprint density at radius 3 is 2.57 bits per heavy atom. The van der Waals surface area contributed by atoms with Crippen molar-refractivity contribution in [3.05, 3.63) is 15.8 Å². The summed E-state index contributed by atoms with van der Waals surface area (Å²) >= 11 is 0. The number of nitrogens with zero attached hydrogens (tertiary/aromatic N) is 4. The summed E-state index contributed by atoms with van der Waals surface area (Å²) in [5.74, 6) is 0.951. The quantitative estimate of drug-likeness (QED) is 0.586. The normalized spacial score (nSPS) is 14.0. The smallest absolute Gasteiger partial charge is 0.332 e. The SMILES string of the molecule is CCCNc1nc(C)c([N+](=O)[O-])c(N(CCC)C2CC2)n1. The second-order valence-corrected chi connectivity index (χ2v) is 5.41. The molecule has 1 heterocycles. The van der Waals surface area contributed by atoms with Crippen molar-refractivity contribution in [1.82, 2.24) is 9.97 Å². The molecule has 0 atom stereocenters. The molecule has 0 amide bonds. The van der Waals surface area contributed by atoms with Crippen LogP contribution >= 0.6 is 0 Å². The van der Waals surface area contributed by atoms with E-state index in [0.717, 1.165) is 38.8 Å². The summed E-state index contributed by atoms with van der Waals surface area (Å²) in [6.45, 7) is 7.35. The lowest BCUT2D eigenvalue weighted by atomic mass is 10.3. The van der Waals surface area contributed by atoms with Gasteiger partial charge in [-0.15, -0.1) is 0 Å². The fraction of sp³-hybridized carbons (Fsp3) is 0.714. The first kappa shape index (κ1) is 15.5. The Morgan fingerprint density at radius 2 is 2.05 bits per heavy atom. The van der Waals surface area contributed by atoms with Crippen LogP contribution in [0.4, 0.5) is 17.5 Å². The number of rotatable bonds is 8. The summed E-state index contributed by atoms with van der Waals surface area (Å²) in [4.78, 5) is 21.8. The van der Waals surface area contributed by atoms with Gasteiger partial charge in [-0.05, 0) is 32.6 Å². The predicted octanol–water partition coefficient (Wildman–Crippen LogP) is 2.89. The molecule has 1 N–H and O–H groups in total. The Hall–Kier alpha value is -1.92. The van der Waals surface area contributed by atoms with E-state index in [1.54, 1.807) is 6.92 Å². The summed E-state index contributed by atoms with van der Waals surface area (Å²) < 4.78 is 0. The van der Waals surface area contributed by atoms with Gasteiger partial charge in [0.2, 0.25) is 11.8 Å². The minimum atomic E-state index is -0.362. The van der Waals surface area contributed by atoms with Gasteiger partial charge in [-0.1, -0.05) is 13.8 Å². The van der Waals surface area contributed by atoms with E-state index in [9.17, 15) is 10.1 Å². The molecule has 0 bridgehead atoms. The molecule has 1 aliphatic carbocycles. The number of aryl methyl sites for hydroxylation is 1. The minimum absolute atomic E-state index is 0.0393. The van der Waals surface area contributed by atoms with Gasteiger partial charge in [0.15, 0.2) is 0 Å². The van der Waals surface area contributed by atoms with Crippen LogP contribution in [0.3, 0.4) is 0 Å². The Balaban J connectivity index is 2.42. The number of hydrogen-bond donors (Lipinski definition) is 1. The third-order valence-corrected chi connectivity index (χ3v) is 3.48. The zero-order valence-corrected chi connectivity index (χ0v) is 12.9. The zero-order valence-electron chi connectivity index (χ0n) is 12.9. The van der Waals surface area contributed by atoms with E-state index in [0.29, 0.717) is 23.5 Å². The van der Waals surface area contributed by atoms with Crippen molar-refractivity contribution in [2.75, 3.05) is 23.3 Å². The summed E-state index contributed by atoms with van der Waals surface area (Å²) in [7, 11) is 0. The molecule has 7 heteroatoms. The average Bonchev–Trinajstić information content (AvgIpc) is 3.25. The van der Waals surface area contributed by atoms with Crippen molar-refractivity contribution in [2.24, 2.45) is 0 Å². The van der Waals surface area contributed by atoms with Crippen LogP contribution < -0.4 is 10.2 Å². The molecule has 0 aromatic carbocycles. The maximum absolute atomic E-state index is 11.4. The molecule has 7 nitrogen and oxygen atoms in total. The maximum Gasteiger partial charge on any atom is 0.332 e. The molecule has 0 radical (unpaired) electrons. The van der Waals surface area contributed by atoms with Crippen LogP contribution in [0.1, 0.15) is 45.2 Å². The van der Waals surface area contributed by atoms with Crippen molar-refractivity contribution >= 4 is 17.5 Å². The molecule has 1 aromatic rings. The van der Waals surface area contributed by atoms with Gasteiger partial charge in [0.1, 0.15) is 5.69 Å². The molecule has 1 aliphatic rings. The standard InChI is InChI=1S/C14H23N5O2/c1-4-8-15-14-16-10(3)12(19(20)21)13(17-14)18(9-5-2)11-6-7-11/h11H,4-9H2,1-3H3,(H,15,16,17). The lowest BCUT2D eigenvalue weighted by molar-refractivity contribution is -0.385. The third-order valence-electron chi connectivity index (χ3n) is 3.48. The molecule has 1 saturated carbocycles. The molecular weight excluding hydrogens is 270 g/mol. The lowest BCUT2D eigenvalue weighted by Crippen LogP contribution is -2.29. The highest BCUT2D eigenvalue weighted by molar-refractivity contribution is 5.63. The first-order valence-corrected chi connectivity index (χ1v) is 7.62. The minimum Gasteiger partial charge on any atom is -0.354 e. The van der Waals surface area contributed by atoms with Crippen molar-refractivity contribution in [1.29, 1.82) is 0 Å². The van der Waals surface area contributed by atoms with E-state index >= 15 is 0 Å². The average molecular weight is 293 g/mol. The lowest BCUT2D eigenvalue weighted by Gasteiger charge is -2.23. The van der Waals surface area contributed by atoms with Crippen LogP contribution in [0, 0.1) is 17.0 Å². The molecule has 1 fully saturated rings. The molecule has 2 rings (SSSR count). The van der Waals surface area contributed by atoms with Gasteiger partial charge in [-0.3, -0.25) is 10.1 Å². The zero-order chi connectivity index (χ0) is 15.4. The van der Waals surface area contributed by atoms with Crippen LogP contribution in [0.5, 0.6) is 0 Å². The molecule has 21 heavy (non-hydrogen) atoms. The van der Waals surface area contributed by atoms with Crippen molar-refractivity contribution in [3.8, 4) is 0 Å². The van der Waals surface area contributed by atoms with E-state index in [2.05, 4.69) is 34.0 Å². The van der Waals surface area contributed by atoms with Gasteiger partial charge < -0.3 is 10.2 Å². The van der Waals surface area contributed by atoms with Gasteiger partial charge in [0, 0.05) is 19.1 Å². The van der Waals surface area contributed by atoms with E-state index in [4.69, 9.17) is 0 Å². The molecule has 0 spiro atoms. The molecule has 0 unspecified atom stereocenters. The first-order chi connectivity index (χ1) is 10.1. The van der Waals surface area contributed by atoms with Crippen LogP contribution in [0.25, 0.3) is 0 Å². The Bertz CT molecular complexity index is 516. The van der Waals surface area contributed by atoms with Crippen molar-refractivity contribution in [3.63, 3.8) is 0 Å². The van der Waals surface area contributed by atoms with E-state index in [1.165, 1.54) is 0 Å². The van der Waals surface area contributed by atoms with E-state index in [-0.39, 0.29) is 10.6 Å². The first-order valence-electron chi connectivity index (χ1n) is 7.62. The molecule has 0 saturated heterocycles. The topological polar surface area (TPSA) is 84.2 Å². The van der Waals surface area contributed by atoms with E-state index < -0.39 is 0 Å². The summed E-state index contributed by atoms with van der Waals surface area (Å²) in [6, 6.07) is 0.386. The second kappa shape index (κ2) is 6.69. The second-order valence-electron chi connectivity index (χ2n) is 5.41. The predicted molar refractivity (Wildman–Crippen MR) is 82.9 cm³/mol. The van der Waals surface area contributed by atoms with E-state index in [1.807, 2.05) is 0 Å². The highest BCUT2D eigenvalue weighted by Gasteiger charge is 2.35. The number of nitrogens with one attached hydrogen (secondary N) is 1. The molecular formula is C14H23N5O2. The highest BCUT2D eigenvalue weighted by Crippen LogP contribution is 2.37. The fourth-order valence-corrected chi connectivity index (χ4v) is 2.37. The number of aromatic nitrogens is 2. The molecule has 116 valence electrons. The van der Waals surface area contributed by atoms with Gasteiger partial charge in [0.05, 0.1) is 4.92 Å². The Kier molecular flexibility index (Phi) is 4.93. The molecule has 1 aromatic heterocycles. The van der Waals surface area contributed by atoms with Crippen LogP contribution in [0.2, 0.25) is 0 Å². The Labute approximate surface area is 124 Å². The molecule has 0 aliphatic heterocycles. The van der Waals surface area contributed by atoms with Crippen LogP contribution in [-0.2, 0) is 0 Å². The third kappa shape index (κ3) is 3.59. The monoisotopic (exact) mass is 293 g/mol. The van der Waals surface area contributed by atoms with Gasteiger partial charge >= 0.3 is 5.69 Å². The highest BCUT2D eigenvalue weighted by atomic mass is 16.6. The Morgan fingerprint density at radius 1 is 1.33 bits per heavy atom. The summed E-state index contributed by atoms with van der Waals surface area (Å²) in [6.07, 6.45) is 4.06. The summed E-state index contributed by atoms with van der Waals surface area (Å²) in [5, 5.41) is 14.5. The van der Waals surface area contributed by atoms with Gasteiger partial charge in [0.25, 0.3) is 0 Å². The maximum atomic E-state index is 11.4. The largest absolute Gasteiger partial charge is 0.354 e. The number of anilines is 2. The number of nitro groups is 1. The fourth-order valence-electron chi connectivity index (χ4n) is 2.37.